The van der Waals surface area contributed by atoms with Gasteiger partial charge in [-0.05, 0) is 25.1 Å². The van der Waals surface area contributed by atoms with Gasteiger partial charge in [0.25, 0.3) is 0 Å². The first kappa shape index (κ1) is 16.0. The minimum Gasteiger partial charge on any atom is -0.490 e. The van der Waals surface area contributed by atoms with Gasteiger partial charge < -0.3 is 15.0 Å². The monoisotopic (exact) mass is 316 g/mol. The Labute approximate surface area is 125 Å². The number of halogens is 1. The zero-order valence-electron chi connectivity index (χ0n) is 12.1. The molecule has 0 aromatic heterocycles. The zero-order valence-corrected chi connectivity index (χ0v) is 13.0. The van der Waals surface area contributed by atoms with Gasteiger partial charge in [-0.2, -0.15) is 0 Å². The molecule has 118 valence electrons. The van der Waals surface area contributed by atoms with Gasteiger partial charge in [-0.15, -0.1) is 0 Å². The topological polar surface area (TPSA) is 58.6 Å². The van der Waals surface area contributed by atoms with Crippen LogP contribution in [0.3, 0.4) is 0 Å². The molecule has 0 amide bonds. The van der Waals surface area contributed by atoms with Crippen molar-refractivity contribution in [2.24, 2.45) is 0 Å². The number of ether oxygens (including phenoxy) is 1. The van der Waals surface area contributed by atoms with Gasteiger partial charge in [0.05, 0.1) is 11.4 Å². The van der Waals surface area contributed by atoms with Crippen molar-refractivity contribution in [1.82, 2.24) is 5.32 Å². The highest BCUT2D eigenvalue weighted by Gasteiger charge is 2.15. The molecule has 1 aliphatic rings. The van der Waals surface area contributed by atoms with E-state index in [9.17, 15) is 12.8 Å². The van der Waals surface area contributed by atoms with Crippen LogP contribution in [0.1, 0.15) is 6.42 Å². The van der Waals surface area contributed by atoms with E-state index in [0.29, 0.717) is 11.4 Å². The minimum absolute atomic E-state index is 0.0502. The molecular weight excluding hydrogens is 295 g/mol. The van der Waals surface area contributed by atoms with Crippen LogP contribution in [0.15, 0.2) is 18.2 Å². The van der Waals surface area contributed by atoms with Crippen molar-refractivity contribution < 1.29 is 17.5 Å². The van der Waals surface area contributed by atoms with E-state index in [2.05, 4.69) is 10.2 Å². The van der Waals surface area contributed by atoms with Crippen molar-refractivity contribution in [3.8, 4) is 5.75 Å². The molecule has 0 radical (unpaired) electrons. The summed E-state index contributed by atoms with van der Waals surface area (Å²) in [6.45, 7) is 3.43. The first-order valence-corrected chi connectivity index (χ1v) is 9.07. The third-order valence-electron chi connectivity index (χ3n) is 3.31. The number of sulfone groups is 1. The van der Waals surface area contributed by atoms with E-state index in [-0.39, 0.29) is 18.2 Å². The first-order valence-electron chi connectivity index (χ1n) is 7.01. The second kappa shape index (κ2) is 7.09. The summed E-state index contributed by atoms with van der Waals surface area (Å²) in [6.07, 6.45) is 2.14. The number of hydrogen-bond acceptors (Lipinski definition) is 5. The molecule has 0 spiro atoms. The fourth-order valence-electron chi connectivity index (χ4n) is 2.25. The molecule has 2 rings (SSSR count). The number of hydrogen-bond donors (Lipinski definition) is 1. The second-order valence-electron chi connectivity index (χ2n) is 5.18. The van der Waals surface area contributed by atoms with Crippen LogP contribution in [-0.2, 0) is 9.84 Å². The van der Waals surface area contributed by atoms with Gasteiger partial charge in [0.15, 0.2) is 9.84 Å². The van der Waals surface area contributed by atoms with Crippen molar-refractivity contribution >= 4 is 15.5 Å². The van der Waals surface area contributed by atoms with E-state index in [1.807, 2.05) is 0 Å². The average Bonchev–Trinajstić information content (AvgIpc) is 2.68. The van der Waals surface area contributed by atoms with E-state index in [0.717, 1.165) is 32.6 Å². The molecule has 1 heterocycles. The minimum atomic E-state index is -3.07. The van der Waals surface area contributed by atoms with Gasteiger partial charge in [0, 0.05) is 32.0 Å². The molecule has 1 N–H and O–H groups in total. The molecule has 0 atom stereocenters. The molecule has 1 aromatic rings. The standard InChI is InChI=1S/C14H21FN2O3S/c1-21(18,19)10-9-20-14-4-3-12(15)11-13(14)17-7-2-5-16-6-8-17/h3-4,11,16H,2,5-10H2,1H3. The predicted molar refractivity (Wildman–Crippen MR) is 81.3 cm³/mol. The Morgan fingerprint density at radius 2 is 2.14 bits per heavy atom. The van der Waals surface area contributed by atoms with Gasteiger partial charge in [0.1, 0.15) is 18.2 Å². The molecule has 0 bridgehead atoms. The van der Waals surface area contributed by atoms with Crippen LogP contribution in [0.5, 0.6) is 5.75 Å². The van der Waals surface area contributed by atoms with Gasteiger partial charge >= 0.3 is 0 Å². The normalized spacial score (nSPS) is 16.6. The van der Waals surface area contributed by atoms with E-state index < -0.39 is 9.84 Å². The molecule has 5 nitrogen and oxygen atoms in total. The summed E-state index contributed by atoms with van der Waals surface area (Å²) >= 11 is 0. The summed E-state index contributed by atoms with van der Waals surface area (Å²) in [5.74, 6) is 0.158. The third kappa shape index (κ3) is 5.17. The lowest BCUT2D eigenvalue weighted by Gasteiger charge is -2.25. The van der Waals surface area contributed by atoms with Crippen LogP contribution >= 0.6 is 0 Å². The van der Waals surface area contributed by atoms with Gasteiger partial charge in [-0.25, -0.2) is 12.8 Å². The molecule has 1 aromatic carbocycles. The maximum atomic E-state index is 13.5. The Morgan fingerprint density at radius 1 is 1.33 bits per heavy atom. The van der Waals surface area contributed by atoms with Crippen LogP contribution in [-0.4, -0.2) is 53.2 Å². The molecule has 1 saturated heterocycles. The number of anilines is 1. The smallest absolute Gasteiger partial charge is 0.150 e. The van der Waals surface area contributed by atoms with Crippen molar-refractivity contribution in [1.29, 1.82) is 0 Å². The lowest BCUT2D eigenvalue weighted by molar-refractivity contribution is 0.340. The van der Waals surface area contributed by atoms with E-state index in [4.69, 9.17) is 4.74 Å². The van der Waals surface area contributed by atoms with Crippen LogP contribution in [0.2, 0.25) is 0 Å². The van der Waals surface area contributed by atoms with Gasteiger partial charge in [-0.1, -0.05) is 0 Å². The van der Waals surface area contributed by atoms with Crippen molar-refractivity contribution in [2.45, 2.75) is 6.42 Å². The Kier molecular flexibility index (Phi) is 5.41. The summed E-state index contributed by atoms with van der Waals surface area (Å²) in [7, 11) is -3.07. The van der Waals surface area contributed by atoms with E-state index in [1.54, 1.807) is 6.07 Å². The highest BCUT2D eigenvalue weighted by atomic mass is 32.2. The Morgan fingerprint density at radius 3 is 2.90 bits per heavy atom. The highest BCUT2D eigenvalue weighted by molar-refractivity contribution is 7.90. The van der Waals surface area contributed by atoms with Crippen molar-refractivity contribution in [2.75, 3.05) is 49.7 Å². The molecule has 21 heavy (non-hydrogen) atoms. The maximum absolute atomic E-state index is 13.5. The van der Waals surface area contributed by atoms with Crippen molar-refractivity contribution in [3.63, 3.8) is 0 Å². The predicted octanol–water partition coefficient (Wildman–Crippen LogP) is 1.05. The summed E-state index contributed by atoms with van der Waals surface area (Å²) in [6, 6.07) is 4.34. The lowest BCUT2D eigenvalue weighted by Crippen LogP contribution is -2.28. The average molecular weight is 316 g/mol. The molecule has 1 aliphatic heterocycles. The lowest BCUT2D eigenvalue weighted by atomic mass is 10.2. The highest BCUT2D eigenvalue weighted by Crippen LogP contribution is 2.29. The van der Waals surface area contributed by atoms with Crippen LogP contribution in [0, 0.1) is 5.82 Å². The van der Waals surface area contributed by atoms with Crippen LogP contribution in [0.4, 0.5) is 10.1 Å². The van der Waals surface area contributed by atoms with E-state index >= 15 is 0 Å². The number of benzene rings is 1. The molecule has 7 heteroatoms. The fourth-order valence-corrected chi connectivity index (χ4v) is 2.64. The fraction of sp³-hybridized carbons (Fsp3) is 0.571. The van der Waals surface area contributed by atoms with Crippen molar-refractivity contribution in [3.05, 3.63) is 24.0 Å². The number of rotatable bonds is 5. The van der Waals surface area contributed by atoms with Crippen LogP contribution in [0.25, 0.3) is 0 Å². The van der Waals surface area contributed by atoms with Gasteiger partial charge in [0.2, 0.25) is 0 Å². The summed E-state index contributed by atoms with van der Waals surface area (Å²) < 4.78 is 41.4. The zero-order chi connectivity index (χ0) is 15.3. The Hall–Kier alpha value is -1.34. The second-order valence-corrected chi connectivity index (χ2v) is 7.44. The Bertz CT molecular complexity index is 570. The molecule has 0 aliphatic carbocycles. The molecular formula is C14H21FN2O3S. The quantitative estimate of drug-likeness (QED) is 0.880. The SMILES string of the molecule is CS(=O)(=O)CCOc1ccc(F)cc1N1CCCNCC1. The summed E-state index contributed by atoms with van der Waals surface area (Å²) in [4.78, 5) is 2.07. The maximum Gasteiger partial charge on any atom is 0.150 e. The largest absolute Gasteiger partial charge is 0.490 e. The molecule has 1 fully saturated rings. The number of nitrogens with zero attached hydrogens (tertiary/aromatic N) is 1. The third-order valence-corrected chi connectivity index (χ3v) is 4.22. The molecule has 0 saturated carbocycles. The molecule has 0 unspecified atom stereocenters. The van der Waals surface area contributed by atoms with Crippen LogP contribution < -0.4 is 15.0 Å². The van der Waals surface area contributed by atoms with Gasteiger partial charge in [-0.3, -0.25) is 0 Å². The first-order chi connectivity index (χ1) is 9.96. The summed E-state index contributed by atoms with van der Waals surface area (Å²) in [5.41, 5.74) is 0.687. The van der Waals surface area contributed by atoms with E-state index in [1.165, 1.54) is 18.4 Å². The Balaban J connectivity index is 2.12. The summed E-state index contributed by atoms with van der Waals surface area (Å²) in [5, 5.41) is 3.29. The number of nitrogens with one attached hydrogen (secondary N) is 1.